The van der Waals surface area contributed by atoms with Crippen molar-refractivity contribution < 1.29 is 9.52 Å². The number of aromatic hydroxyl groups is 1. The second kappa shape index (κ2) is 8.09. The Morgan fingerprint density at radius 3 is 2.64 bits per heavy atom. The lowest BCUT2D eigenvalue weighted by atomic mass is 9.96. The molecule has 3 heterocycles. The first kappa shape index (κ1) is 20.8. The number of unbranched alkanes of at least 4 members (excludes halogenated alkanes) is 1. The van der Waals surface area contributed by atoms with Crippen LogP contribution in [0.4, 0.5) is 0 Å². The van der Waals surface area contributed by atoms with Crippen molar-refractivity contribution >= 4 is 22.0 Å². The summed E-state index contributed by atoms with van der Waals surface area (Å²) in [6, 6.07) is 15.9. The summed E-state index contributed by atoms with van der Waals surface area (Å²) < 4.78 is 6.84. The fraction of sp³-hybridized carbons (Fsp3) is 0.192. The van der Waals surface area contributed by atoms with E-state index in [4.69, 9.17) is 4.42 Å². The number of rotatable bonds is 5. The maximum absolute atomic E-state index is 12.9. The van der Waals surface area contributed by atoms with Crippen molar-refractivity contribution in [3.05, 3.63) is 86.5 Å². The number of para-hydroxylation sites is 1. The van der Waals surface area contributed by atoms with Gasteiger partial charge in [-0.05, 0) is 61.2 Å². The van der Waals surface area contributed by atoms with Gasteiger partial charge in [-0.25, -0.2) is 14.5 Å². The summed E-state index contributed by atoms with van der Waals surface area (Å²) in [6.45, 7) is 3.90. The molecule has 2 N–H and O–H groups in total. The Kier molecular flexibility index (Phi) is 5.09. The second-order valence-corrected chi connectivity index (χ2v) is 8.17. The van der Waals surface area contributed by atoms with Crippen LogP contribution < -0.4 is 11.2 Å². The average Bonchev–Trinajstić information content (AvgIpc) is 3.13. The quantitative estimate of drug-likeness (QED) is 0.380. The zero-order chi connectivity index (χ0) is 23.1. The van der Waals surface area contributed by atoms with Gasteiger partial charge in [0.25, 0.3) is 5.56 Å². The maximum atomic E-state index is 12.9. The first-order valence-corrected chi connectivity index (χ1v) is 10.9. The van der Waals surface area contributed by atoms with E-state index in [0.29, 0.717) is 50.9 Å². The van der Waals surface area contributed by atoms with E-state index in [1.807, 2.05) is 37.3 Å². The van der Waals surface area contributed by atoms with Crippen molar-refractivity contribution in [2.75, 3.05) is 0 Å². The van der Waals surface area contributed by atoms with E-state index < -0.39 is 5.63 Å². The van der Waals surface area contributed by atoms with Crippen LogP contribution in [0, 0.1) is 6.92 Å². The molecule has 0 bridgehead atoms. The number of aromatic nitrogens is 3. The van der Waals surface area contributed by atoms with E-state index in [-0.39, 0.29) is 11.3 Å². The molecule has 0 aliphatic carbocycles. The third kappa shape index (κ3) is 3.51. The SMILES string of the molecule is CCCCc1cc(=O)oc2cc(C)c(-c3ccc4c(=O)n(-c5ccccc5)[nH]c4n3)c(O)c12. The van der Waals surface area contributed by atoms with Crippen LogP contribution in [-0.4, -0.2) is 19.9 Å². The van der Waals surface area contributed by atoms with E-state index >= 15 is 0 Å². The fourth-order valence-corrected chi connectivity index (χ4v) is 4.29. The number of phenols is 1. The second-order valence-electron chi connectivity index (χ2n) is 8.17. The smallest absolute Gasteiger partial charge is 0.336 e. The molecule has 7 nitrogen and oxygen atoms in total. The van der Waals surface area contributed by atoms with Crippen molar-refractivity contribution in [1.82, 2.24) is 14.8 Å². The molecule has 2 aromatic carbocycles. The molecule has 0 saturated heterocycles. The fourth-order valence-electron chi connectivity index (χ4n) is 4.29. The lowest BCUT2D eigenvalue weighted by molar-refractivity contribution is 0.479. The molecule has 0 spiro atoms. The van der Waals surface area contributed by atoms with Gasteiger partial charge in [0.2, 0.25) is 0 Å². The Bertz CT molecular complexity index is 1610. The molecule has 0 unspecified atom stereocenters. The van der Waals surface area contributed by atoms with Crippen molar-refractivity contribution in [2.24, 2.45) is 0 Å². The van der Waals surface area contributed by atoms with Crippen LogP contribution >= 0.6 is 0 Å². The molecule has 0 radical (unpaired) electrons. The molecule has 33 heavy (non-hydrogen) atoms. The van der Waals surface area contributed by atoms with E-state index in [1.165, 1.54) is 10.7 Å². The molecule has 0 fully saturated rings. The lowest BCUT2D eigenvalue weighted by Gasteiger charge is -2.13. The topological polar surface area (TPSA) is 101 Å². The Balaban J connectivity index is 1.71. The first-order valence-electron chi connectivity index (χ1n) is 10.9. The lowest BCUT2D eigenvalue weighted by Crippen LogP contribution is -2.13. The highest BCUT2D eigenvalue weighted by molar-refractivity contribution is 5.95. The average molecular weight is 441 g/mol. The number of fused-ring (bicyclic) bond motifs is 2. The van der Waals surface area contributed by atoms with E-state index in [1.54, 1.807) is 18.2 Å². The van der Waals surface area contributed by atoms with Crippen LogP contribution in [-0.2, 0) is 6.42 Å². The zero-order valence-electron chi connectivity index (χ0n) is 18.4. The minimum atomic E-state index is -0.431. The van der Waals surface area contributed by atoms with Crippen molar-refractivity contribution in [1.29, 1.82) is 0 Å². The minimum Gasteiger partial charge on any atom is -0.506 e. The van der Waals surface area contributed by atoms with Gasteiger partial charge in [0.15, 0.2) is 5.65 Å². The van der Waals surface area contributed by atoms with Crippen molar-refractivity contribution in [3.8, 4) is 22.7 Å². The van der Waals surface area contributed by atoms with Crippen LogP contribution in [0.25, 0.3) is 38.9 Å². The predicted molar refractivity (Wildman–Crippen MR) is 128 cm³/mol. The highest BCUT2D eigenvalue weighted by Gasteiger charge is 2.19. The van der Waals surface area contributed by atoms with Gasteiger partial charge < -0.3 is 9.52 Å². The summed E-state index contributed by atoms with van der Waals surface area (Å²) in [5.41, 5.74) is 3.40. The zero-order valence-corrected chi connectivity index (χ0v) is 18.4. The molecule has 3 aromatic heterocycles. The van der Waals surface area contributed by atoms with Gasteiger partial charge in [-0.3, -0.25) is 9.89 Å². The first-order chi connectivity index (χ1) is 16.0. The number of nitrogens with one attached hydrogen (secondary N) is 1. The monoisotopic (exact) mass is 441 g/mol. The minimum absolute atomic E-state index is 0.0246. The predicted octanol–water partition coefficient (Wildman–Crippen LogP) is 4.84. The number of pyridine rings is 1. The molecule has 0 amide bonds. The Labute approximate surface area is 188 Å². The number of aryl methyl sites for hydroxylation is 2. The number of nitrogens with zero attached hydrogens (tertiary/aromatic N) is 2. The van der Waals surface area contributed by atoms with E-state index in [2.05, 4.69) is 17.0 Å². The number of H-pyrrole nitrogens is 1. The Morgan fingerprint density at radius 2 is 1.88 bits per heavy atom. The molecule has 7 heteroatoms. The summed E-state index contributed by atoms with van der Waals surface area (Å²) in [7, 11) is 0. The summed E-state index contributed by atoms with van der Waals surface area (Å²) in [4.78, 5) is 29.6. The number of hydrogen-bond donors (Lipinski definition) is 2. The summed E-state index contributed by atoms with van der Waals surface area (Å²) in [5.74, 6) is 0.0246. The third-order valence-corrected chi connectivity index (χ3v) is 5.90. The molecule has 5 rings (SSSR count). The van der Waals surface area contributed by atoms with Crippen LogP contribution in [0.5, 0.6) is 5.75 Å². The molecule has 0 atom stereocenters. The van der Waals surface area contributed by atoms with Crippen LogP contribution in [0.1, 0.15) is 30.9 Å². The number of benzene rings is 2. The number of phenolic OH excluding ortho intramolecular Hbond substituents is 1. The number of hydrogen-bond acceptors (Lipinski definition) is 5. The molecular weight excluding hydrogens is 418 g/mol. The van der Waals surface area contributed by atoms with E-state index in [0.717, 1.165) is 18.4 Å². The van der Waals surface area contributed by atoms with Crippen molar-refractivity contribution in [3.63, 3.8) is 0 Å². The molecule has 166 valence electrons. The van der Waals surface area contributed by atoms with Crippen LogP contribution in [0.3, 0.4) is 0 Å². The summed E-state index contributed by atoms with van der Waals surface area (Å²) in [5, 5.41) is 15.3. The normalized spacial score (nSPS) is 11.5. The summed E-state index contributed by atoms with van der Waals surface area (Å²) in [6.07, 6.45) is 2.51. The maximum Gasteiger partial charge on any atom is 0.336 e. The molecule has 0 aliphatic rings. The van der Waals surface area contributed by atoms with Gasteiger partial charge in [-0.15, -0.1) is 0 Å². The van der Waals surface area contributed by atoms with Gasteiger partial charge >= 0.3 is 5.63 Å². The highest BCUT2D eigenvalue weighted by Crippen LogP contribution is 2.39. The molecular formula is C26H23N3O4. The van der Waals surface area contributed by atoms with Gasteiger partial charge in [-0.2, -0.15) is 0 Å². The standard InChI is InChI=1S/C26H23N3O4/c1-3-4-8-16-14-21(30)33-20-13-15(2)22(24(31)23(16)20)19-12-11-18-25(27-19)28-29(26(18)32)17-9-6-5-7-10-17/h5-7,9-14,31H,3-4,8H2,1-2H3,(H,27,28). The Morgan fingerprint density at radius 1 is 1.09 bits per heavy atom. The van der Waals surface area contributed by atoms with Gasteiger partial charge in [0, 0.05) is 11.6 Å². The highest BCUT2D eigenvalue weighted by atomic mass is 16.4. The largest absolute Gasteiger partial charge is 0.506 e. The Hall–Kier alpha value is -4.13. The van der Waals surface area contributed by atoms with E-state index in [9.17, 15) is 14.7 Å². The van der Waals surface area contributed by atoms with Crippen LogP contribution in [0.15, 0.2) is 68.6 Å². The van der Waals surface area contributed by atoms with Gasteiger partial charge in [0.05, 0.1) is 22.2 Å². The van der Waals surface area contributed by atoms with Crippen LogP contribution in [0.2, 0.25) is 0 Å². The third-order valence-electron chi connectivity index (χ3n) is 5.90. The molecule has 0 saturated carbocycles. The summed E-state index contributed by atoms with van der Waals surface area (Å²) >= 11 is 0. The van der Waals surface area contributed by atoms with Gasteiger partial charge in [0.1, 0.15) is 11.3 Å². The van der Waals surface area contributed by atoms with Crippen molar-refractivity contribution in [2.45, 2.75) is 33.1 Å². The van der Waals surface area contributed by atoms with Gasteiger partial charge in [-0.1, -0.05) is 31.5 Å². The number of aromatic amines is 1. The molecule has 5 aromatic rings. The molecule has 0 aliphatic heterocycles.